The summed E-state index contributed by atoms with van der Waals surface area (Å²) < 4.78 is 35.8. The van der Waals surface area contributed by atoms with E-state index in [0.29, 0.717) is 22.9 Å². The highest BCUT2D eigenvalue weighted by molar-refractivity contribution is 5.92. The number of carbonyl (C=O) groups is 5. The zero-order valence-electron chi connectivity index (χ0n) is 31.9. The molecule has 288 valence electrons. The molecule has 1 aliphatic heterocycles. The van der Waals surface area contributed by atoms with Crippen molar-refractivity contribution in [3.8, 4) is 0 Å². The van der Waals surface area contributed by atoms with Crippen molar-refractivity contribution in [1.82, 2.24) is 15.2 Å². The highest BCUT2D eigenvalue weighted by Gasteiger charge is 2.46. The first-order valence-corrected chi connectivity index (χ1v) is 17.9. The van der Waals surface area contributed by atoms with Crippen LogP contribution < -0.4 is 5.32 Å². The standard InChI is InChI=1S/C40H52FN3O9/c1-24(16-25-10-9-11-26(17-25)21-43-38(49)53-40(5,6)7)32(45)19-27(18-28-22-42-31-13-12-29(41)20-30(28)31)36(47)44-15-14-33(35(44)37(48)50-8)51-23-34(46)52-39(2,3)4/h9-13,17,20,22,24,27,33,35,42H,14-16,18-19,21,23H2,1-8H3,(H,43,49)/t24-,27+,33?,35+/m0/s1. The van der Waals surface area contributed by atoms with E-state index < -0.39 is 71.5 Å². The largest absolute Gasteiger partial charge is 0.467 e. The second kappa shape index (κ2) is 17.4. The third-order valence-electron chi connectivity index (χ3n) is 8.81. The number of esters is 2. The van der Waals surface area contributed by atoms with E-state index in [0.717, 1.165) is 11.1 Å². The van der Waals surface area contributed by atoms with Crippen LogP contribution >= 0.6 is 0 Å². The van der Waals surface area contributed by atoms with Crippen molar-refractivity contribution in [2.75, 3.05) is 20.3 Å². The molecule has 1 aliphatic rings. The molecule has 1 unspecified atom stereocenters. The molecule has 1 saturated heterocycles. The third kappa shape index (κ3) is 11.9. The smallest absolute Gasteiger partial charge is 0.407 e. The molecule has 0 bridgehead atoms. The first-order chi connectivity index (χ1) is 24.8. The third-order valence-corrected chi connectivity index (χ3v) is 8.81. The highest BCUT2D eigenvalue weighted by atomic mass is 19.1. The van der Waals surface area contributed by atoms with Gasteiger partial charge >= 0.3 is 18.0 Å². The highest BCUT2D eigenvalue weighted by Crippen LogP contribution is 2.30. The number of alkyl carbamates (subject to hydrolysis) is 1. The van der Waals surface area contributed by atoms with Gasteiger partial charge in [-0.2, -0.15) is 0 Å². The van der Waals surface area contributed by atoms with Gasteiger partial charge in [0.2, 0.25) is 5.91 Å². The molecule has 3 aromatic rings. The van der Waals surface area contributed by atoms with E-state index in [4.69, 9.17) is 18.9 Å². The molecule has 0 spiro atoms. The number of ketones is 1. The molecule has 4 rings (SSSR count). The maximum atomic E-state index is 14.4. The van der Waals surface area contributed by atoms with Gasteiger partial charge in [-0.25, -0.2) is 18.8 Å². The lowest BCUT2D eigenvalue weighted by Crippen LogP contribution is -2.49. The van der Waals surface area contributed by atoms with E-state index in [1.165, 1.54) is 24.1 Å². The average molecular weight is 738 g/mol. The Morgan fingerprint density at radius 1 is 0.962 bits per heavy atom. The Labute approximate surface area is 310 Å². The maximum absolute atomic E-state index is 14.4. The Balaban J connectivity index is 1.53. The van der Waals surface area contributed by atoms with Crippen molar-refractivity contribution in [1.29, 1.82) is 0 Å². The summed E-state index contributed by atoms with van der Waals surface area (Å²) in [6.45, 7) is 12.3. The number of aromatic amines is 1. The Morgan fingerprint density at radius 3 is 2.34 bits per heavy atom. The summed E-state index contributed by atoms with van der Waals surface area (Å²) in [6.07, 6.45) is 0.914. The molecular formula is C40H52FN3O9. The first kappa shape index (κ1) is 41.0. The van der Waals surface area contributed by atoms with Gasteiger partial charge in [0.05, 0.1) is 13.2 Å². The van der Waals surface area contributed by atoms with E-state index in [1.54, 1.807) is 60.7 Å². The van der Waals surface area contributed by atoms with Gasteiger partial charge in [-0.1, -0.05) is 31.2 Å². The molecule has 2 amide bonds. The Kier molecular flexibility index (Phi) is 13.4. The maximum Gasteiger partial charge on any atom is 0.407 e. The number of methoxy groups -OCH3 is 1. The molecule has 2 N–H and O–H groups in total. The molecule has 4 atom stereocenters. The number of ether oxygens (including phenoxy) is 4. The van der Waals surface area contributed by atoms with Crippen molar-refractivity contribution < 1.29 is 47.3 Å². The molecule has 2 heterocycles. The monoisotopic (exact) mass is 737 g/mol. The van der Waals surface area contributed by atoms with Crippen molar-refractivity contribution >= 4 is 40.6 Å². The fraction of sp³-hybridized carbons (Fsp3) is 0.525. The normalized spacial score (nSPS) is 17.3. The van der Waals surface area contributed by atoms with Crippen LogP contribution in [0.25, 0.3) is 10.9 Å². The van der Waals surface area contributed by atoms with Crippen LogP contribution in [-0.2, 0) is 57.5 Å². The minimum Gasteiger partial charge on any atom is -0.467 e. The number of aromatic nitrogens is 1. The van der Waals surface area contributed by atoms with Crippen LogP contribution in [0.2, 0.25) is 0 Å². The zero-order chi connectivity index (χ0) is 39.1. The number of halogens is 1. The summed E-state index contributed by atoms with van der Waals surface area (Å²) in [5.74, 6) is -3.78. The van der Waals surface area contributed by atoms with Crippen molar-refractivity contribution in [3.05, 3.63) is 71.2 Å². The molecule has 0 saturated carbocycles. The quantitative estimate of drug-likeness (QED) is 0.154. The van der Waals surface area contributed by atoms with Gasteiger partial charge in [0.25, 0.3) is 0 Å². The Hall–Kier alpha value is -4.78. The summed E-state index contributed by atoms with van der Waals surface area (Å²) in [7, 11) is 1.21. The number of carbonyl (C=O) groups excluding carboxylic acids is 5. The predicted octanol–water partition coefficient (Wildman–Crippen LogP) is 5.83. The molecule has 0 radical (unpaired) electrons. The molecule has 1 aromatic heterocycles. The summed E-state index contributed by atoms with van der Waals surface area (Å²) in [6, 6.07) is 10.7. The number of Topliss-reactive ketones (excluding diaryl/α,β-unsaturated/α-hetero) is 1. The number of rotatable bonds is 14. The second-order valence-corrected chi connectivity index (χ2v) is 15.6. The van der Waals surface area contributed by atoms with Crippen molar-refractivity contribution in [2.24, 2.45) is 11.8 Å². The van der Waals surface area contributed by atoms with Crippen LogP contribution in [0, 0.1) is 17.7 Å². The van der Waals surface area contributed by atoms with Crippen LogP contribution in [0.5, 0.6) is 0 Å². The number of likely N-dealkylation sites (tertiary alicyclic amines) is 1. The summed E-state index contributed by atoms with van der Waals surface area (Å²) in [4.78, 5) is 70.5. The predicted molar refractivity (Wildman–Crippen MR) is 195 cm³/mol. The lowest BCUT2D eigenvalue weighted by molar-refractivity contribution is -0.166. The summed E-state index contributed by atoms with van der Waals surface area (Å²) in [5.41, 5.74) is 1.67. The Bertz CT molecular complexity index is 1790. The minimum absolute atomic E-state index is 0.0976. The fourth-order valence-electron chi connectivity index (χ4n) is 6.46. The van der Waals surface area contributed by atoms with Gasteiger partial charge < -0.3 is 34.1 Å². The lowest BCUT2D eigenvalue weighted by Gasteiger charge is -2.29. The molecule has 2 aromatic carbocycles. The van der Waals surface area contributed by atoms with Gasteiger partial charge in [-0.15, -0.1) is 0 Å². The van der Waals surface area contributed by atoms with E-state index in [-0.39, 0.29) is 38.1 Å². The molecule has 13 heteroatoms. The van der Waals surface area contributed by atoms with E-state index in [1.807, 2.05) is 24.3 Å². The number of amides is 2. The summed E-state index contributed by atoms with van der Waals surface area (Å²) in [5, 5.41) is 3.33. The number of hydrogen-bond donors (Lipinski definition) is 2. The SMILES string of the molecule is COC(=O)[C@H]1C(OCC(=O)OC(C)(C)C)CCN1C(=O)[C@@H](CC(=O)[C@@H](C)Cc1cccc(CNC(=O)OC(C)(C)C)c1)Cc1c[nH]c2ccc(F)cc12. The van der Waals surface area contributed by atoms with Crippen LogP contribution in [0.4, 0.5) is 9.18 Å². The lowest BCUT2D eigenvalue weighted by atomic mass is 9.86. The van der Waals surface area contributed by atoms with Crippen LogP contribution in [0.3, 0.4) is 0 Å². The fourth-order valence-corrected chi connectivity index (χ4v) is 6.46. The summed E-state index contributed by atoms with van der Waals surface area (Å²) >= 11 is 0. The van der Waals surface area contributed by atoms with Crippen LogP contribution in [-0.4, -0.2) is 83.2 Å². The topological polar surface area (TPSA) is 153 Å². The van der Waals surface area contributed by atoms with E-state index in [2.05, 4.69) is 10.3 Å². The molecule has 0 aliphatic carbocycles. The van der Waals surface area contributed by atoms with Gasteiger partial charge in [-0.3, -0.25) is 9.59 Å². The molecule has 12 nitrogen and oxygen atoms in total. The number of nitrogens with one attached hydrogen (secondary N) is 2. The van der Waals surface area contributed by atoms with Crippen molar-refractivity contribution in [2.45, 2.75) is 104 Å². The van der Waals surface area contributed by atoms with Crippen molar-refractivity contribution in [3.63, 3.8) is 0 Å². The van der Waals surface area contributed by atoms with E-state index >= 15 is 0 Å². The van der Waals surface area contributed by atoms with E-state index in [9.17, 15) is 28.4 Å². The second-order valence-electron chi connectivity index (χ2n) is 15.6. The van der Waals surface area contributed by atoms with Gasteiger partial charge in [0.15, 0.2) is 6.04 Å². The minimum atomic E-state index is -1.15. The number of fused-ring (bicyclic) bond motifs is 1. The molecule has 1 fully saturated rings. The molecule has 53 heavy (non-hydrogen) atoms. The number of H-pyrrole nitrogens is 1. The number of benzene rings is 2. The average Bonchev–Trinajstić information content (AvgIpc) is 3.67. The van der Waals surface area contributed by atoms with Gasteiger partial charge in [0.1, 0.15) is 29.4 Å². The van der Waals surface area contributed by atoms with Crippen LogP contribution in [0.15, 0.2) is 48.7 Å². The number of nitrogens with zero attached hydrogens (tertiary/aromatic N) is 1. The van der Waals surface area contributed by atoms with Gasteiger partial charge in [0, 0.05) is 48.4 Å². The molecular weight excluding hydrogens is 685 g/mol. The first-order valence-electron chi connectivity index (χ1n) is 17.9. The van der Waals surface area contributed by atoms with Crippen LogP contribution in [0.1, 0.15) is 78.0 Å². The number of hydrogen-bond acceptors (Lipinski definition) is 9. The van der Waals surface area contributed by atoms with Gasteiger partial charge in [-0.05, 0) is 95.7 Å². The Morgan fingerprint density at radius 2 is 1.66 bits per heavy atom. The zero-order valence-corrected chi connectivity index (χ0v) is 31.9.